The average Bonchev–Trinajstić information content (AvgIpc) is 3.02. The second-order valence-corrected chi connectivity index (χ2v) is 6.50. The lowest BCUT2D eigenvalue weighted by atomic mass is 10.1. The Hall–Kier alpha value is -2.94. The van der Waals surface area contributed by atoms with Crippen LogP contribution in [0.5, 0.6) is 17.4 Å². The fourth-order valence-corrected chi connectivity index (χ4v) is 3.52. The molecule has 142 valence electrons. The summed E-state index contributed by atoms with van der Waals surface area (Å²) >= 11 is 1.20. The van der Waals surface area contributed by atoms with Crippen LogP contribution in [0.4, 0.5) is 5.69 Å². The smallest absolute Gasteiger partial charge is 0.344 e. The largest absolute Gasteiger partial charge is 0.493 e. The molecular weight excluding hydrogens is 372 g/mol. The average molecular weight is 390 g/mol. The predicted octanol–water partition coefficient (Wildman–Crippen LogP) is 2.65. The molecule has 0 fully saturated rings. The molecule has 8 nitrogen and oxygen atoms in total. The molecule has 2 aromatic rings. The van der Waals surface area contributed by atoms with E-state index in [0.29, 0.717) is 34.2 Å². The van der Waals surface area contributed by atoms with E-state index < -0.39 is 11.4 Å². The first-order valence-electron chi connectivity index (χ1n) is 7.94. The van der Waals surface area contributed by atoms with Gasteiger partial charge in [0, 0.05) is 11.6 Å². The number of cyclic esters (lactones) is 1. The number of carbonyl (C=O) groups excluding carboxylic acids is 2. The summed E-state index contributed by atoms with van der Waals surface area (Å²) in [4.78, 5) is 28.4. The van der Waals surface area contributed by atoms with Crippen LogP contribution in [-0.4, -0.2) is 43.9 Å². The number of pyridine rings is 1. The fourth-order valence-electron chi connectivity index (χ4n) is 2.62. The molecule has 0 radical (unpaired) electrons. The van der Waals surface area contributed by atoms with E-state index in [1.165, 1.54) is 39.3 Å². The topological polar surface area (TPSA) is 96.0 Å². The second kappa shape index (κ2) is 8.17. The molecule has 0 saturated heterocycles. The van der Waals surface area contributed by atoms with E-state index in [1.54, 1.807) is 24.3 Å². The maximum Gasteiger partial charge on any atom is 0.344 e. The van der Waals surface area contributed by atoms with Crippen molar-refractivity contribution in [3.05, 3.63) is 41.6 Å². The number of hydrogen-bond donors (Lipinski definition) is 1. The summed E-state index contributed by atoms with van der Waals surface area (Å²) in [5.41, 5.74) is 0.944. The molecule has 27 heavy (non-hydrogen) atoms. The zero-order valence-corrected chi connectivity index (χ0v) is 15.8. The van der Waals surface area contributed by atoms with Gasteiger partial charge in [-0.05, 0) is 18.2 Å². The van der Waals surface area contributed by atoms with Gasteiger partial charge in [-0.2, -0.15) is 0 Å². The number of fused-ring (bicyclic) bond motifs is 1. The van der Waals surface area contributed by atoms with Gasteiger partial charge in [0.15, 0.2) is 16.9 Å². The number of esters is 1. The molecule has 1 aromatic heterocycles. The molecule has 0 unspecified atom stereocenters. The SMILES string of the molecule is COc1ccc(NC(=O)CS[C@@H]2OC(=O)c3c2ccc(OC)c3OC)cn1. The predicted molar refractivity (Wildman–Crippen MR) is 99.6 cm³/mol. The molecule has 2 heterocycles. The summed E-state index contributed by atoms with van der Waals surface area (Å²) in [6, 6.07) is 6.79. The molecule has 9 heteroatoms. The molecule has 0 aliphatic carbocycles. The minimum atomic E-state index is -0.591. The Morgan fingerprint density at radius 3 is 2.63 bits per heavy atom. The van der Waals surface area contributed by atoms with Crippen molar-refractivity contribution in [2.75, 3.05) is 32.4 Å². The first-order valence-corrected chi connectivity index (χ1v) is 8.99. The van der Waals surface area contributed by atoms with E-state index >= 15 is 0 Å². The molecule has 1 aliphatic rings. The van der Waals surface area contributed by atoms with Gasteiger partial charge in [-0.15, -0.1) is 11.8 Å². The number of aromatic nitrogens is 1. The Labute approximate surface area is 160 Å². The van der Waals surface area contributed by atoms with Crippen LogP contribution in [0.15, 0.2) is 30.5 Å². The molecular formula is C18H18N2O6S. The van der Waals surface area contributed by atoms with Crippen LogP contribution >= 0.6 is 11.8 Å². The van der Waals surface area contributed by atoms with Crippen LogP contribution in [0.25, 0.3) is 0 Å². The summed E-state index contributed by atoms with van der Waals surface area (Å²) in [6.45, 7) is 0. The third-order valence-corrected chi connectivity index (χ3v) is 4.93. The minimum Gasteiger partial charge on any atom is -0.493 e. The third kappa shape index (κ3) is 3.92. The molecule has 0 saturated carbocycles. The van der Waals surface area contributed by atoms with Crippen molar-refractivity contribution in [3.63, 3.8) is 0 Å². The number of thioether (sulfide) groups is 1. The van der Waals surface area contributed by atoms with E-state index in [0.717, 1.165) is 0 Å². The highest BCUT2D eigenvalue weighted by Crippen LogP contribution is 2.45. The van der Waals surface area contributed by atoms with Crippen molar-refractivity contribution in [3.8, 4) is 17.4 Å². The van der Waals surface area contributed by atoms with Crippen LogP contribution in [-0.2, 0) is 9.53 Å². The summed E-state index contributed by atoms with van der Waals surface area (Å²) in [7, 11) is 4.47. The number of carbonyl (C=O) groups is 2. The lowest BCUT2D eigenvalue weighted by molar-refractivity contribution is -0.113. The number of anilines is 1. The zero-order valence-electron chi connectivity index (χ0n) is 15.0. The lowest BCUT2D eigenvalue weighted by Gasteiger charge is -2.12. The van der Waals surface area contributed by atoms with Crippen molar-refractivity contribution >= 4 is 29.3 Å². The Bertz CT molecular complexity index is 856. The van der Waals surface area contributed by atoms with Crippen molar-refractivity contribution < 1.29 is 28.5 Å². The summed E-state index contributed by atoms with van der Waals surface area (Å²) in [6.07, 6.45) is 1.50. The summed E-state index contributed by atoms with van der Waals surface area (Å²) < 4.78 is 20.9. The van der Waals surface area contributed by atoms with Crippen LogP contribution in [0, 0.1) is 0 Å². The second-order valence-electron chi connectivity index (χ2n) is 5.45. The van der Waals surface area contributed by atoms with Gasteiger partial charge in [0.25, 0.3) is 0 Å². The van der Waals surface area contributed by atoms with Crippen LogP contribution in [0.1, 0.15) is 21.4 Å². The number of nitrogens with zero attached hydrogens (tertiary/aromatic N) is 1. The van der Waals surface area contributed by atoms with Crippen molar-refractivity contribution in [2.24, 2.45) is 0 Å². The standard InChI is InChI=1S/C18H18N2O6S/c1-23-12-6-5-11-15(16(12)25-3)17(22)26-18(11)27-9-13(21)20-10-4-7-14(24-2)19-8-10/h4-8,18H,9H2,1-3H3,(H,20,21)/t18-/m0/s1. The van der Waals surface area contributed by atoms with Crippen LogP contribution in [0.3, 0.4) is 0 Å². The molecule has 0 bridgehead atoms. The summed E-state index contributed by atoms with van der Waals surface area (Å²) in [5.74, 6) is 0.592. The van der Waals surface area contributed by atoms with Crippen molar-refractivity contribution in [1.29, 1.82) is 0 Å². The fraction of sp³-hybridized carbons (Fsp3) is 0.278. The Morgan fingerprint density at radius 1 is 1.19 bits per heavy atom. The van der Waals surface area contributed by atoms with Crippen LogP contribution < -0.4 is 19.5 Å². The maximum absolute atomic E-state index is 12.2. The van der Waals surface area contributed by atoms with Crippen molar-refractivity contribution in [1.82, 2.24) is 4.98 Å². The zero-order chi connectivity index (χ0) is 19.4. The minimum absolute atomic E-state index is 0.0950. The molecule has 1 atom stereocenters. The maximum atomic E-state index is 12.2. The van der Waals surface area contributed by atoms with E-state index in [-0.39, 0.29) is 11.7 Å². The Balaban J connectivity index is 1.66. The van der Waals surface area contributed by atoms with E-state index in [1.807, 2.05) is 0 Å². The summed E-state index contributed by atoms with van der Waals surface area (Å²) in [5, 5.41) is 2.73. The van der Waals surface area contributed by atoms with Gasteiger partial charge < -0.3 is 24.3 Å². The third-order valence-electron chi connectivity index (χ3n) is 3.85. The van der Waals surface area contributed by atoms with Gasteiger partial charge in [-0.3, -0.25) is 4.79 Å². The Morgan fingerprint density at radius 2 is 2.00 bits per heavy atom. The van der Waals surface area contributed by atoms with Gasteiger partial charge in [0.2, 0.25) is 11.8 Å². The lowest BCUT2D eigenvalue weighted by Crippen LogP contribution is -2.15. The highest BCUT2D eigenvalue weighted by molar-refractivity contribution is 8.00. The quantitative estimate of drug-likeness (QED) is 0.721. The molecule has 0 spiro atoms. The van der Waals surface area contributed by atoms with Crippen LogP contribution in [0.2, 0.25) is 0 Å². The van der Waals surface area contributed by atoms with Crippen molar-refractivity contribution in [2.45, 2.75) is 5.44 Å². The van der Waals surface area contributed by atoms with E-state index in [9.17, 15) is 9.59 Å². The molecule has 1 aliphatic heterocycles. The number of rotatable bonds is 7. The molecule has 3 rings (SSSR count). The monoisotopic (exact) mass is 390 g/mol. The van der Waals surface area contributed by atoms with Gasteiger partial charge in [-0.25, -0.2) is 9.78 Å². The molecule has 1 amide bonds. The first-order chi connectivity index (χ1) is 13.1. The number of ether oxygens (including phenoxy) is 4. The number of methoxy groups -OCH3 is 3. The highest BCUT2D eigenvalue weighted by Gasteiger charge is 2.36. The molecule has 1 N–H and O–H groups in total. The van der Waals surface area contributed by atoms with Gasteiger partial charge in [0.1, 0.15) is 5.56 Å². The number of benzene rings is 1. The molecule has 1 aromatic carbocycles. The van der Waals surface area contributed by atoms with Gasteiger partial charge in [0.05, 0.1) is 39.0 Å². The number of hydrogen-bond acceptors (Lipinski definition) is 8. The van der Waals surface area contributed by atoms with Gasteiger partial charge >= 0.3 is 5.97 Å². The Kier molecular flexibility index (Phi) is 5.70. The number of amides is 1. The van der Waals surface area contributed by atoms with E-state index in [2.05, 4.69) is 10.3 Å². The number of nitrogens with one attached hydrogen (secondary N) is 1. The van der Waals surface area contributed by atoms with E-state index in [4.69, 9.17) is 18.9 Å². The normalized spacial score (nSPS) is 14.9. The first kappa shape index (κ1) is 18.8. The highest BCUT2D eigenvalue weighted by atomic mass is 32.2. The van der Waals surface area contributed by atoms with Gasteiger partial charge in [-0.1, -0.05) is 0 Å².